The van der Waals surface area contributed by atoms with Crippen LogP contribution in [0.15, 0.2) is 47.4 Å². The number of nitrogens with one attached hydrogen (secondary N) is 1. The van der Waals surface area contributed by atoms with Crippen molar-refractivity contribution in [3.8, 4) is 0 Å². The first-order chi connectivity index (χ1) is 12.9. The number of amides is 3. The van der Waals surface area contributed by atoms with Crippen LogP contribution >= 0.6 is 35.0 Å². The minimum Gasteiger partial charge on any atom is -0.324 e. The number of halogens is 2. The van der Waals surface area contributed by atoms with Crippen LogP contribution in [0, 0.1) is 6.92 Å². The Balaban J connectivity index is 1.76. The van der Waals surface area contributed by atoms with E-state index >= 15 is 0 Å². The van der Waals surface area contributed by atoms with Crippen molar-refractivity contribution in [1.82, 2.24) is 4.90 Å². The Morgan fingerprint density at radius 1 is 1.11 bits per heavy atom. The molecule has 27 heavy (non-hydrogen) atoms. The van der Waals surface area contributed by atoms with E-state index in [4.69, 9.17) is 23.2 Å². The predicted molar refractivity (Wildman–Crippen MR) is 109 cm³/mol. The van der Waals surface area contributed by atoms with E-state index in [2.05, 4.69) is 5.32 Å². The van der Waals surface area contributed by atoms with Crippen LogP contribution in [0.3, 0.4) is 0 Å². The second-order valence-corrected chi connectivity index (χ2v) is 7.57. The van der Waals surface area contributed by atoms with Crippen molar-refractivity contribution in [2.75, 3.05) is 11.9 Å². The van der Waals surface area contributed by atoms with Crippen LogP contribution < -0.4 is 5.32 Å². The summed E-state index contributed by atoms with van der Waals surface area (Å²) in [5, 5.41) is 2.92. The van der Waals surface area contributed by atoms with Crippen LogP contribution in [-0.4, -0.2) is 28.5 Å². The molecule has 2 aromatic carbocycles. The Morgan fingerprint density at radius 3 is 2.44 bits per heavy atom. The SMILES string of the molecule is Cc1ccccc1NC(=O)CN1C(=O)S/C(=C/c2c(Cl)cccc2Cl)C1=O. The zero-order valence-electron chi connectivity index (χ0n) is 14.2. The number of benzene rings is 2. The highest BCUT2D eigenvalue weighted by atomic mass is 35.5. The molecular weight excluding hydrogens is 407 g/mol. The molecule has 5 nitrogen and oxygen atoms in total. The molecule has 1 N–H and O–H groups in total. The lowest BCUT2D eigenvalue weighted by Gasteiger charge is -2.13. The van der Waals surface area contributed by atoms with Gasteiger partial charge in [0.2, 0.25) is 5.91 Å². The molecule has 1 aliphatic heterocycles. The first-order valence-corrected chi connectivity index (χ1v) is 9.49. The molecule has 1 fully saturated rings. The van der Waals surface area contributed by atoms with Gasteiger partial charge in [0.15, 0.2) is 0 Å². The van der Waals surface area contributed by atoms with E-state index in [1.807, 2.05) is 19.1 Å². The van der Waals surface area contributed by atoms with Crippen molar-refractivity contribution in [1.29, 1.82) is 0 Å². The van der Waals surface area contributed by atoms with Crippen LogP contribution in [0.1, 0.15) is 11.1 Å². The number of carbonyl (C=O) groups excluding carboxylic acids is 3. The molecule has 0 spiro atoms. The highest BCUT2D eigenvalue weighted by Crippen LogP contribution is 2.35. The zero-order chi connectivity index (χ0) is 19.6. The molecule has 3 rings (SSSR count). The number of hydrogen-bond acceptors (Lipinski definition) is 4. The van der Waals surface area contributed by atoms with Gasteiger partial charge in [-0.15, -0.1) is 0 Å². The Morgan fingerprint density at radius 2 is 1.78 bits per heavy atom. The summed E-state index contributed by atoms with van der Waals surface area (Å²) in [6, 6.07) is 12.2. The normalized spacial score (nSPS) is 15.5. The third kappa shape index (κ3) is 4.35. The largest absolute Gasteiger partial charge is 0.324 e. The molecule has 138 valence electrons. The lowest BCUT2D eigenvalue weighted by atomic mass is 10.2. The highest BCUT2D eigenvalue weighted by molar-refractivity contribution is 8.18. The van der Waals surface area contributed by atoms with Crippen LogP contribution in [0.4, 0.5) is 10.5 Å². The predicted octanol–water partition coefficient (Wildman–Crippen LogP) is 4.98. The van der Waals surface area contributed by atoms with Gasteiger partial charge in [0, 0.05) is 21.3 Å². The Bertz CT molecular complexity index is 955. The van der Waals surface area contributed by atoms with Crippen molar-refractivity contribution in [3.63, 3.8) is 0 Å². The van der Waals surface area contributed by atoms with Crippen LogP contribution in [-0.2, 0) is 9.59 Å². The number of thioether (sulfide) groups is 1. The summed E-state index contributed by atoms with van der Waals surface area (Å²) in [6.45, 7) is 1.48. The summed E-state index contributed by atoms with van der Waals surface area (Å²) in [5.41, 5.74) is 1.97. The lowest BCUT2D eigenvalue weighted by Crippen LogP contribution is -2.36. The monoisotopic (exact) mass is 420 g/mol. The maximum absolute atomic E-state index is 12.5. The highest BCUT2D eigenvalue weighted by Gasteiger charge is 2.36. The standard InChI is InChI=1S/C19H14Cl2N2O3S/c1-11-5-2-3-8-15(11)22-17(24)10-23-18(25)16(27-19(23)26)9-12-13(20)6-4-7-14(12)21/h2-9H,10H2,1H3,(H,22,24)/b16-9+. The minimum atomic E-state index is -0.555. The number of nitrogens with zero attached hydrogens (tertiary/aromatic N) is 1. The Labute approximate surface area is 170 Å². The second kappa shape index (κ2) is 8.17. The summed E-state index contributed by atoms with van der Waals surface area (Å²) in [4.78, 5) is 38.1. The molecule has 0 atom stereocenters. The van der Waals surface area contributed by atoms with E-state index in [1.54, 1.807) is 30.3 Å². The van der Waals surface area contributed by atoms with Gasteiger partial charge in [-0.2, -0.15) is 0 Å². The average molecular weight is 421 g/mol. The summed E-state index contributed by atoms with van der Waals surface area (Å²) in [5.74, 6) is -1.01. The molecule has 3 amide bonds. The van der Waals surface area contributed by atoms with E-state index in [9.17, 15) is 14.4 Å². The molecule has 2 aromatic rings. The van der Waals surface area contributed by atoms with Crippen molar-refractivity contribution >= 4 is 63.8 Å². The lowest BCUT2D eigenvalue weighted by molar-refractivity contribution is -0.127. The van der Waals surface area contributed by atoms with E-state index in [1.165, 1.54) is 6.08 Å². The minimum absolute atomic E-state index is 0.165. The van der Waals surface area contributed by atoms with Crippen molar-refractivity contribution in [2.45, 2.75) is 6.92 Å². The Kier molecular flexibility index (Phi) is 5.89. The molecule has 0 saturated carbocycles. The summed E-state index contributed by atoms with van der Waals surface area (Å²) in [7, 11) is 0. The molecule has 0 radical (unpaired) electrons. The number of hydrogen-bond donors (Lipinski definition) is 1. The molecule has 1 saturated heterocycles. The van der Waals surface area contributed by atoms with Gasteiger partial charge in [-0.1, -0.05) is 47.5 Å². The molecule has 1 heterocycles. The molecule has 8 heteroatoms. The van der Waals surface area contributed by atoms with Gasteiger partial charge in [-0.05, 0) is 48.5 Å². The number of imide groups is 1. The van der Waals surface area contributed by atoms with Gasteiger partial charge in [0.05, 0.1) is 4.91 Å². The number of rotatable bonds is 4. The average Bonchev–Trinajstić information content (AvgIpc) is 2.88. The topological polar surface area (TPSA) is 66.5 Å². The summed E-state index contributed by atoms with van der Waals surface area (Å²) in [6.07, 6.45) is 1.47. The van der Waals surface area contributed by atoms with E-state index in [-0.39, 0.29) is 11.4 Å². The van der Waals surface area contributed by atoms with Crippen molar-refractivity contribution < 1.29 is 14.4 Å². The van der Waals surface area contributed by atoms with E-state index in [0.29, 0.717) is 21.3 Å². The number of anilines is 1. The third-order valence-electron chi connectivity index (χ3n) is 3.87. The van der Waals surface area contributed by atoms with Crippen LogP contribution in [0.2, 0.25) is 10.0 Å². The molecule has 0 aliphatic carbocycles. The van der Waals surface area contributed by atoms with Gasteiger partial charge < -0.3 is 5.32 Å². The van der Waals surface area contributed by atoms with Crippen LogP contribution in [0.5, 0.6) is 0 Å². The second-order valence-electron chi connectivity index (χ2n) is 5.77. The van der Waals surface area contributed by atoms with Crippen molar-refractivity contribution in [2.24, 2.45) is 0 Å². The molecule has 0 bridgehead atoms. The number of carbonyl (C=O) groups is 3. The first-order valence-electron chi connectivity index (χ1n) is 7.91. The third-order valence-corrected chi connectivity index (χ3v) is 5.44. The van der Waals surface area contributed by atoms with Gasteiger partial charge in [0.1, 0.15) is 6.54 Å². The molecule has 1 aliphatic rings. The van der Waals surface area contributed by atoms with Crippen molar-refractivity contribution in [3.05, 3.63) is 68.5 Å². The van der Waals surface area contributed by atoms with E-state index in [0.717, 1.165) is 22.2 Å². The summed E-state index contributed by atoms with van der Waals surface area (Å²) >= 11 is 13.0. The fourth-order valence-corrected chi connectivity index (χ4v) is 3.79. The molecule has 0 aromatic heterocycles. The zero-order valence-corrected chi connectivity index (χ0v) is 16.5. The fraction of sp³-hybridized carbons (Fsp3) is 0.105. The number of aryl methyl sites for hydroxylation is 1. The molecular formula is C19H14Cl2N2O3S. The maximum atomic E-state index is 12.5. The smallest absolute Gasteiger partial charge is 0.294 e. The van der Waals surface area contributed by atoms with Gasteiger partial charge >= 0.3 is 0 Å². The molecule has 0 unspecified atom stereocenters. The van der Waals surface area contributed by atoms with Crippen LogP contribution in [0.25, 0.3) is 6.08 Å². The van der Waals surface area contributed by atoms with Gasteiger partial charge in [0.25, 0.3) is 11.1 Å². The van der Waals surface area contributed by atoms with E-state index < -0.39 is 17.1 Å². The van der Waals surface area contributed by atoms with Gasteiger partial charge in [-0.25, -0.2) is 0 Å². The maximum Gasteiger partial charge on any atom is 0.294 e. The fourth-order valence-electron chi connectivity index (χ4n) is 2.46. The van der Waals surface area contributed by atoms with Gasteiger partial charge in [-0.3, -0.25) is 19.3 Å². The first kappa shape index (κ1) is 19.5. The Hall–Kier alpha value is -2.28. The quantitative estimate of drug-likeness (QED) is 0.708. The summed E-state index contributed by atoms with van der Waals surface area (Å²) < 4.78 is 0. The number of para-hydroxylation sites is 1.